The van der Waals surface area contributed by atoms with Gasteiger partial charge in [0.25, 0.3) is 0 Å². The Hall–Kier alpha value is -0.870. The first kappa shape index (κ1) is 22.2. The number of quaternary nitrogens is 1. The summed E-state index contributed by atoms with van der Waals surface area (Å²) >= 11 is 0. The topological polar surface area (TPSA) is 53.9 Å². The maximum atomic E-state index is 12.3. The molecule has 1 aliphatic carbocycles. The standard InChI is InChI=1S/C21H33NO2.BrH/c1-3-21(22,4-2)14-15-24-20(23)16-18-12-8-9-13-19(18)17-10-6-5-7-11-17;/h8-9,12-13,17H,3-7,10-11,14-16,22H2,1-2H3;1H. The van der Waals surface area contributed by atoms with Gasteiger partial charge < -0.3 is 27.5 Å². The molecule has 0 spiro atoms. The largest absolute Gasteiger partial charge is 1.00 e. The number of benzene rings is 1. The van der Waals surface area contributed by atoms with Crippen LogP contribution in [0.1, 0.15) is 82.3 Å². The van der Waals surface area contributed by atoms with Crippen molar-refractivity contribution in [3.05, 3.63) is 35.4 Å². The molecule has 2 rings (SSSR count). The minimum atomic E-state index is -0.104. The lowest BCUT2D eigenvalue weighted by Gasteiger charge is -2.24. The summed E-state index contributed by atoms with van der Waals surface area (Å²) in [4.78, 5) is 12.3. The van der Waals surface area contributed by atoms with Gasteiger partial charge in [-0.05, 0) is 42.7 Å². The van der Waals surface area contributed by atoms with Crippen LogP contribution in [0.2, 0.25) is 0 Å². The lowest BCUT2D eigenvalue weighted by Crippen LogP contribution is -3.00. The Morgan fingerprint density at radius 2 is 1.80 bits per heavy atom. The zero-order valence-electron chi connectivity index (χ0n) is 15.9. The van der Waals surface area contributed by atoms with Crippen LogP contribution < -0.4 is 22.7 Å². The SMILES string of the molecule is CCC([NH3+])(CC)CCOC(=O)Cc1ccccc1C1CCCCC1.[Br-]. The highest BCUT2D eigenvalue weighted by Crippen LogP contribution is 2.34. The molecule has 3 nitrogen and oxygen atoms in total. The van der Waals surface area contributed by atoms with Gasteiger partial charge in [0, 0.05) is 6.42 Å². The molecule has 0 atom stereocenters. The van der Waals surface area contributed by atoms with Crippen molar-refractivity contribution in [3.63, 3.8) is 0 Å². The Bertz CT molecular complexity index is 522. The van der Waals surface area contributed by atoms with E-state index in [1.165, 1.54) is 37.7 Å². The van der Waals surface area contributed by atoms with Crippen LogP contribution in [0.15, 0.2) is 24.3 Å². The van der Waals surface area contributed by atoms with Gasteiger partial charge >= 0.3 is 5.97 Å². The molecule has 4 heteroatoms. The van der Waals surface area contributed by atoms with E-state index in [0.717, 1.165) is 24.8 Å². The first-order valence-electron chi connectivity index (χ1n) is 9.66. The van der Waals surface area contributed by atoms with Crippen LogP contribution >= 0.6 is 0 Å². The highest BCUT2D eigenvalue weighted by atomic mass is 79.9. The molecule has 1 aromatic rings. The van der Waals surface area contributed by atoms with E-state index < -0.39 is 0 Å². The molecule has 0 unspecified atom stereocenters. The maximum Gasteiger partial charge on any atom is 0.310 e. The van der Waals surface area contributed by atoms with Gasteiger partial charge in [-0.15, -0.1) is 0 Å². The smallest absolute Gasteiger partial charge is 0.310 e. The molecular weight excluding hydrogens is 378 g/mol. The molecule has 142 valence electrons. The van der Waals surface area contributed by atoms with E-state index in [1.807, 2.05) is 6.07 Å². The van der Waals surface area contributed by atoms with Crippen LogP contribution in [0.25, 0.3) is 0 Å². The van der Waals surface area contributed by atoms with Crippen molar-refractivity contribution in [2.24, 2.45) is 0 Å². The average Bonchev–Trinajstić information content (AvgIpc) is 2.62. The minimum Gasteiger partial charge on any atom is -1.00 e. The van der Waals surface area contributed by atoms with E-state index in [2.05, 4.69) is 37.8 Å². The minimum absolute atomic E-state index is 0. The van der Waals surface area contributed by atoms with Gasteiger partial charge in [-0.25, -0.2) is 0 Å². The summed E-state index contributed by atoms with van der Waals surface area (Å²) in [6.45, 7) is 4.78. The van der Waals surface area contributed by atoms with Crippen molar-refractivity contribution in [2.75, 3.05) is 6.61 Å². The Balaban J connectivity index is 0.00000312. The van der Waals surface area contributed by atoms with Gasteiger partial charge in [-0.2, -0.15) is 0 Å². The Kier molecular flexibility index (Phi) is 9.73. The zero-order chi connectivity index (χ0) is 17.4. The van der Waals surface area contributed by atoms with Gasteiger partial charge in [-0.3, -0.25) is 4.79 Å². The molecule has 3 N–H and O–H groups in total. The summed E-state index contributed by atoms with van der Waals surface area (Å²) in [5.74, 6) is 0.517. The van der Waals surface area contributed by atoms with Crippen LogP contribution in [0.5, 0.6) is 0 Å². The van der Waals surface area contributed by atoms with Crippen LogP contribution in [-0.4, -0.2) is 18.1 Å². The number of esters is 1. The number of carbonyl (C=O) groups excluding carboxylic acids is 1. The third-order valence-corrected chi connectivity index (χ3v) is 5.83. The van der Waals surface area contributed by atoms with Crippen molar-refractivity contribution in [1.82, 2.24) is 0 Å². The molecule has 0 amide bonds. The van der Waals surface area contributed by atoms with Crippen molar-refractivity contribution >= 4 is 5.97 Å². The third-order valence-electron chi connectivity index (χ3n) is 5.83. The molecule has 0 radical (unpaired) electrons. The van der Waals surface area contributed by atoms with E-state index in [1.54, 1.807) is 0 Å². The lowest BCUT2D eigenvalue weighted by atomic mass is 9.81. The van der Waals surface area contributed by atoms with Crippen LogP contribution in [0, 0.1) is 0 Å². The number of hydrogen-bond acceptors (Lipinski definition) is 2. The molecule has 0 heterocycles. The van der Waals surface area contributed by atoms with E-state index in [0.29, 0.717) is 18.9 Å². The average molecular weight is 412 g/mol. The van der Waals surface area contributed by atoms with Crippen LogP contribution in [0.3, 0.4) is 0 Å². The van der Waals surface area contributed by atoms with Gasteiger partial charge in [0.15, 0.2) is 0 Å². The second kappa shape index (κ2) is 11.0. The molecule has 1 aromatic carbocycles. The second-order valence-electron chi connectivity index (χ2n) is 7.39. The summed E-state index contributed by atoms with van der Waals surface area (Å²) in [6, 6.07) is 8.42. The van der Waals surface area contributed by atoms with E-state index >= 15 is 0 Å². The number of halogens is 1. The predicted molar refractivity (Wildman–Crippen MR) is 97.7 cm³/mol. The molecule has 0 aromatic heterocycles. The number of carbonyl (C=O) groups is 1. The van der Waals surface area contributed by atoms with Gasteiger partial charge in [0.2, 0.25) is 0 Å². The molecule has 1 aliphatic rings. The molecule has 1 fully saturated rings. The molecule has 25 heavy (non-hydrogen) atoms. The van der Waals surface area contributed by atoms with Gasteiger partial charge in [0.05, 0.1) is 18.6 Å². The Morgan fingerprint density at radius 1 is 1.16 bits per heavy atom. The van der Waals surface area contributed by atoms with Crippen molar-refractivity contribution in [3.8, 4) is 0 Å². The predicted octanol–water partition coefficient (Wildman–Crippen LogP) is 1.01. The fourth-order valence-corrected chi connectivity index (χ4v) is 3.70. The van der Waals surface area contributed by atoms with Crippen LogP contribution in [-0.2, 0) is 16.0 Å². The summed E-state index contributed by atoms with van der Waals surface area (Å²) in [5.41, 5.74) is 6.83. The fraction of sp³-hybridized carbons (Fsp3) is 0.667. The number of hydrogen-bond donors (Lipinski definition) is 1. The van der Waals surface area contributed by atoms with E-state index in [4.69, 9.17) is 4.74 Å². The Morgan fingerprint density at radius 3 is 2.44 bits per heavy atom. The first-order chi connectivity index (χ1) is 11.6. The molecule has 1 saturated carbocycles. The van der Waals surface area contributed by atoms with Crippen LogP contribution in [0.4, 0.5) is 0 Å². The molecule has 0 saturated heterocycles. The summed E-state index contributed by atoms with van der Waals surface area (Å²) < 4.78 is 5.51. The van der Waals surface area contributed by atoms with Gasteiger partial charge in [-0.1, -0.05) is 57.4 Å². The summed E-state index contributed by atoms with van der Waals surface area (Å²) in [6.07, 6.45) is 9.75. The van der Waals surface area contributed by atoms with E-state index in [9.17, 15) is 4.79 Å². The quantitative estimate of drug-likeness (QED) is 0.649. The summed E-state index contributed by atoms with van der Waals surface area (Å²) in [7, 11) is 0. The fourth-order valence-electron chi connectivity index (χ4n) is 3.70. The summed E-state index contributed by atoms with van der Waals surface area (Å²) in [5, 5.41) is 0. The number of ether oxygens (including phenoxy) is 1. The number of rotatable bonds is 8. The highest BCUT2D eigenvalue weighted by molar-refractivity contribution is 5.73. The zero-order valence-corrected chi connectivity index (χ0v) is 17.4. The maximum absolute atomic E-state index is 12.3. The second-order valence-corrected chi connectivity index (χ2v) is 7.39. The van der Waals surface area contributed by atoms with Crippen molar-refractivity contribution in [1.29, 1.82) is 0 Å². The molecule has 0 bridgehead atoms. The normalized spacial score (nSPS) is 15.5. The highest BCUT2D eigenvalue weighted by Gasteiger charge is 2.25. The molecular formula is C21H34BrNO2. The Labute approximate surface area is 163 Å². The van der Waals surface area contributed by atoms with Crippen molar-refractivity contribution < 1.29 is 32.2 Å². The lowest BCUT2D eigenvalue weighted by molar-refractivity contribution is -0.482. The molecule has 0 aliphatic heterocycles. The monoisotopic (exact) mass is 411 g/mol. The van der Waals surface area contributed by atoms with E-state index in [-0.39, 0.29) is 28.5 Å². The third kappa shape index (κ3) is 6.74. The van der Waals surface area contributed by atoms with Crippen molar-refractivity contribution in [2.45, 2.75) is 83.1 Å². The first-order valence-corrected chi connectivity index (χ1v) is 9.66. The van der Waals surface area contributed by atoms with Gasteiger partial charge in [0.1, 0.15) is 0 Å².